The standard InChI is InChI=1S/C5H10.CHO.V.W.2Y/c1-4-5(2)3;1-2;;;;/h4-5H,2H2,1,3H3;1H;;;;/q-2;-1;;;;. The Morgan fingerprint density at radius 1 is 1.36 bits per heavy atom. The van der Waals surface area contributed by atoms with Gasteiger partial charge in [0.15, 0.2) is 0 Å². The zero-order valence-electron chi connectivity index (χ0n) is 6.86. The number of hydrogen-bond acceptors (Lipinski definition) is 1. The average molecular weight is 512 g/mol. The van der Waals surface area contributed by atoms with Crippen molar-refractivity contribution in [3.8, 4) is 0 Å². The summed E-state index contributed by atoms with van der Waals surface area (Å²) in [6.07, 6.45) is 2.06. The molecular formula is C6H11OVWY2-3. The van der Waals surface area contributed by atoms with Gasteiger partial charge in [0.25, 0.3) is 0 Å². The quantitative estimate of drug-likeness (QED) is 0.384. The van der Waals surface area contributed by atoms with E-state index in [1.807, 2.05) is 6.92 Å². The van der Waals surface area contributed by atoms with E-state index in [4.69, 9.17) is 4.79 Å². The van der Waals surface area contributed by atoms with Crippen LogP contribution < -0.4 is 0 Å². The Kier molecular flexibility index (Phi) is 127. The van der Waals surface area contributed by atoms with E-state index in [2.05, 4.69) is 27.1 Å². The van der Waals surface area contributed by atoms with Gasteiger partial charge in [-0.1, -0.05) is 0 Å². The molecule has 1 nitrogen and oxygen atoms in total. The Morgan fingerprint density at radius 2 is 1.45 bits per heavy atom. The van der Waals surface area contributed by atoms with Gasteiger partial charge in [0, 0.05) is 105 Å². The molecule has 3 radical (unpaired) electrons. The predicted octanol–water partition coefficient (Wildman–Crippen LogP) is 1.40. The molecule has 0 aromatic rings. The summed E-state index contributed by atoms with van der Waals surface area (Å²) in [4.78, 5) is 7.75. The van der Waals surface area contributed by atoms with E-state index in [9.17, 15) is 0 Å². The maximum absolute atomic E-state index is 7.75. The molecule has 1 unspecified atom stereocenters. The SMILES string of the molecule is [CH-]=O.[CH2-]C(C)[CH-]C.[V].[W].[Y].[Y]. The molecule has 0 rings (SSSR count). The van der Waals surface area contributed by atoms with E-state index in [-0.39, 0.29) is 105 Å². The smallest absolute Gasteiger partial charge is 0 e. The topological polar surface area (TPSA) is 17.1 Å². The molecule has 0 spiro atoms. The molecule has 0 saturated carbocycles. The summed E-state index contributed by atoms with van der Waals surface area (Å²) in [7, 11) is 0. The molecule has 0 saturated heterocycles. The number of rotatable bonds is 1. The monoisotopic (exact) mass is 512 g/mol. The van der Waals surface area contributed by atoms with E-state index < -0.39 is 0 Å². The number of hydrogen-bond donors (Lipinski definition) is 0. The van der Waals surface area contributed by atoms with Crippen molar-refractivity contribution in [2.75, 3.05) is 0 Å². The second-order valence-electron chi connectivity index (χ2n) is 1.31. The molecule has 0 aromatic carbocycles. The van der Waals surface area contributed by atoms with E-state index in [0.717, 1.165) is 0 Å². The maximum Gasteiger partial charge on any atom is 0 e. The summed E-state index contributed by atoms with van der Waals surface area (Å²) < 4.78 is 0. The molecule has 61 valence electrons. The van der Waals surface area contributed by atoms with Gasteiger partial charge in [0.05, 0.1) is 0 Å². The van der Waals surface area contributed by atoms with Gasteiger partial charge in [-0.15, -0.1) is 6.92 Å². The molecule has 0 aromatic heterocycles. The Morgan fingerprint density at radius 3 is 1.45 bits per heavy atom. The Labute approximate surface area is 147 Å². The fourth-order valence-corrected chi connectivity index (χ4v) is 0. The minimum Gasteiger partial charge on any atom is -0.545 e. The Bertz CT molecular complexity index is 41.8. The van der Waals surface area contributed by atoms with Crippen LogP contribution in [0, 0.1) is 19.3 Å². The van der Waals surface area contributed by atoms with Gasteiger partial charge in [0.1, 0.15) is 0 Å². The minimum atomic E-state index is 0. The first kappa shape index (κ1) is 36.8. The van der Waals surface area contributed by atoms with Crippen LogP contribution >= 0.6 is 0 Å². The van der Waals surface area contributed by atoms with Crippen LogP contribution in [0.25, 0.3) is 0 Å². The Hall–Kier alpha value is 3.15. The second kappa shape index (κ2) is 38.0. The molecule has 1 atom stereocenters. The van der Waals surface area contributed by atoms with Crippen molar-refractivity contribution in [1.29, 1.82) is 0 Å². The third kappa shape index (κ3) is 61.6. The van der Waals surface area contributed by atoms with Crippen LogP contribution in [0.5, 0.6) is 0 Å². The van der Waals surface area contributed by atoms with Crippen LogP contribution in [0.15, 0.2) is 0 Å². The molecule has 0 aliphatic heterocycles. The van der Waals surface area contributed by atoms with Crippen molar-refractivity contribution in [3.05, 3.63) is 13.3 Å². The third-order valence-electron chi connectivity index (χ3n) is 0.569. The second-order valence-corrected chi connectivity index (χ2v) is 1.31. The van der Waals surface area contributed by atoms with Gasteiger partial charge in [-0.05, 0) is 0 Å². The summed E-state index contributed by atoms with van der Waals surface area (Å²) >= 11 is 0. The van der Waals surface area contributed by atoms with Crippen LogP contribution in [0.4, 0.5) is 0 Å². The van der Waals surface area contributed by atoms with Gasteiger partial charge >= 0.3 is 0 Å². The van der Waals surface area contributed by atoms with Crippen LogP contribution in [0.3, 0.4) is 0 Å². The molecule has 0 heterocycles. The van der Waals surface area contributed by atoms with Crippen LogP contribution in [-0.2, 0) is 110 Å². The molecule has 0 aliphatic carbocycles. The molecule has 5 heteroatoms. The van der Waals surface area contributed by atoms with Gasteiger partial charge in [0.2, 0.25) is 0 Å². The average Bonchev–Trinajstić information content (AvgIpc) is 1.73. The van der Waals surface area contributed by atoms with E-state index in [0.29, 0.717) is 5.92 Å². The Balaban J connectivity index is -0.00000000972. The molecular weight excluding hydrogens is 501 g/mol. The summed E-state index contributed by atoms with van der Waals surface area (Å²) in [5.74, 6) is 0.509. The van der Waals surface area contributed by atoms with Gasteiger partial charge in [-0.25, -0.2) is 0 Å². The van der Waals surface area contributed by atoms with Crippen molar-refractivity contribution in [3.63, 3.8) is 0 Å². The first-order chi connectivity index (χ1) is 3.27. The summed E-state index contributed by atoms with van der Waals surface area (Å²) in [5.41, 5.74) is 0. The molecule has 0 N–H and O–H groups in total. The molecule has 0 bridgehead atoms. The van der Waals surface area contributed by atoms with Gasteiger partial charge in [-0.2, -0.15) is 6.92 Å². The van der Waals surface area contributed by atoms with Gasteiger partial charge < -0.3 is 24.1 Å². The van der Waals surface area contributed by atoms with Crippen molar-refractivity contribution in [2.24, 2.45) is 5.92 Å². The summed E-state index contributed by atoms with van der Waals surface area (Å²) in [6, 6.07) is 0. The summed E-state index contributed by atoms with van der Waals surface area (Å²) in [5, 5.41) is 0. The zero-order valence-corrected chi connectivity index (χ0v) is 16.9. The zero-order chi connectivity index (χ0) is 6.28. The molecule has 0 aliphatic rings. The fraction of sp³-hybridized carbons (Fsp3) is 0.500. The first-order valence-electron chi connectivity index (χ1n) is 2.13. The van der Waals surface area contributed by atoms with Crippen molar-refractivity contribution in [2.45, 2.75) is 13.8 Å². The van der Waals surface area contributed by atoms with Crippen LogP contribution in [0.2, 0.25) is 0 Å². The van der Waals surface area contributed by atoms with E-state index in [1.165, 1.54) is 0 Å². The molecule has 0 amide bonds. The van der Waals surface area contributed by atoms with Gasteiger partial charge in [-0.3, -0.25) is 6.79 Å². The van der Waals surface area contributed by atoms with Crippen molar-refractivity contribution in [1.82, 2.24) is 0 Å². The molecule has 11 heavy (non-hydrogen) atoms. The minimum absolute atomic E-state index is 0. The van der Waals surface area contributed by atoms with Crippen molar-refractivity contribution < 1.29 is 110 Å². The van der Waals surface area contributed by atoms with E-state index >= 15 is 0 Å². The van der Waals surface area contributed by atoms with Crippen LogP contribution in [-0.4, -0.2) is 6.79 Å². The largest absolute Gasteiger partial charge is 0.545 e. The normalized spacial score (nSPS) is 7.18. The fourth-order valence-electron chi connectivity index (χ4n) is 0. The summed E-state index contributed by atoms with van der Waals surface area (Å²) in [6.45, 7) is 11.0. The third-order valence-corrected chi connectivity index (χ3v) is 0.569. The van der Waals surface area contributed by atoms with Crippen LogP contribution in [0.1, 0.15) is 13.8 Å². The van der Waals surface area contributed by atoms with Crippen molar-refractivity contribution >= 4 is 6.79 Å². The maximum atomic E-state index is 7.75. The number of carbonyl (C=O) groups excluding carboxylic acids is 1. The predicted molar refractivity (Wildman–Crippen MR) is 31.2 cm³/mol. The molecule has 0 fully saturated rings. The first-order valence-corrected chi connectivity index (χ1v) is 2.13. The van der Waals surface area contributed by atoms with E-state index in [1.54, 1.807) is 0 Å².